The summed E-state index contributed by atoms with van der Waals surface area (Å²) in [7, 11) is -1.07. The SMILES string of the molecule is C[Si](C)(C)CCOCn1cnc2ccsc2c1=O. The molecule has 0 saturated heterocycles. The Morgan fingerprint density at radius 3 is 2.94 bits per heavy atom. The predicted molar refractivity (Wildman–Crippen MR) is 78.0 cm³/mol. The molecule has 0 aromatic carbocycles. The maximum atomic E-state index is 12.0. The van der Waals surface area contributed by atoms with Gasteiger partial charge in [0.1, 0.15) is 17.8 Å². The van der Waals surface area contributed by atoms with Crippen molar-refractivity contribution >= 4 is 29.6 Å². The minimum atomic E-state index is -1.07. The lowest BCUT2D eigenvalue weighted by atomic mass is 10.5. The van der Waals surface area contributed by atoms with E-state index in [-0.39, 0.29) is 5.56 Å². The second kappa shape index (κ2) is 5.34. The van der Waals surface area contributed by atoms with Crippen LogP contribution in [0.1, 0.15) is 0 Å². The van der Waals surface area contributed by atoms with E-state index >= 15 is 0 Å². The molecule has 0 aliphatic rings. The van der Waals surface area contributed by atoms with Crippen LogP contribution < -0.4 is 5.56 Å². The minimum Gasteiger partial charge on any atom is -0.361 e. The molecule has 0 amide bonds. The van der Waals surface area contributed by atoms with Gasteiger partial charge in [-0.15, -0.1) is 11.3 Å². The first kappa shape index (κ1) is 13.4. The second-order valence-corrected chi connectivity index (χ2v) is 12.0. The van der Waals surface area contributed by atoms with Crippen molar-refractivity contribution in [1.29, 1.82) is 0 Å². The molecule has 0 unspecified atom stereocenters. The summed E-state index contributed by atoms with van der Waals surface area (Å²) < 4.78 is 7.80. The van der Waals surface area contributed by atoms with E-state index in [9.17, 15) is 4.79 Å². The highest BCUT2D eigenvalue weighted by Gasteiger charge is 2.12. The van der Waals surface area contributed by atoms with Gasteiger partial charge in [0, 0.05) is 14.7 Å². The fourth-order valence-electron chi connectivity index (χ4n) is 1.51. The van der Waals surface area contributed by atoms with E-state index in [1.807, 2.05) is 11.4 Å². The van der Waals surface area contributed by atoms with Gasteiger partial charge in [-0.2, -0.15) is 0 Å². The molecule has 6 heteroatoms. The van der Waals surface area contributed by atoms with Crippen LogP contribution in [0.3, 0.4) is 0 Å². The second-order valence-electron chi connectivity index (χ2n) is 5.50. The lowest BCUT2D eigenvalue weighted by Gasteiger charge is -2.15. The first-order valence-electron chi connectivity index (χ1n) is 5.98. The summed E-state index contributed by atoms with van der Waals surface area (Å²) in [5.41, 5.74) is 0.756. The number of fused-ring (bicyclic) bond motifs is 1. The first-order valence-corrected chi connectivity index (χ1v) is 10.6. The molecule has 0 radical (unpaired) electrons. The van der Waals surface area contributed by atoms with Crippen molar-refractivity contribution < 1.29 is 4.74 Å². The zero-order valence-corrected chi connectivity index (χ0v) is 12.8. The normalized spacial score (nSPS) is 12.2. The van der Waals surface area contributed by atoms with E-state index in [1.54, 1.807) is 6.33 Å². The fraction of sp³-hybridized carbons (Fsp3) is 0.500. The summed E-state index contributed by atoms with van der Waals surface area (Å²) >= 11 is 1.43. The smallest absolute Gasteiger partial charge is 0.273 e. The topological polar surface area (TPSA) is 44.1 Å². The van der Waals surface area contributed by atoms with Gasteiger partial charge in [-0.1, -0.05) is 19.6 Å². The van der Waals surface area contributed by atoms with Crippen LogP contribution in [0.25, 0.3) is 10.2 Å². The molecule has 0 saturated carbocycles. The van der Waals surface area contributed by atoms with E-state index in [0.717, 1.165) is 11.6 Å². The van der Waals surface area contributed by atoms with Crippen LogP contribution in [0.15, 0.2) is 22.6 Å². The summed E-state index contributed by atoms with van der Waals surface area (Å²) in [6.45, 7) is 7.93. The largest absolute Gasteiger partial charge is 0.361 e. The molecule has 2 heterocycles. The Labute approximate surface area is 111 Å². The monoisotopic (exact) mass is 282 g/mol. The Hall–Kier alpha value is -0.983. The lowest BCUT2D eigenvalue weighted by Crippen LogP contribution is -2.24. The molecule has 18 heavy (non-hydrogen) atoms. The maximum Gasteiger partial charge on any atom is 0.273 e. The van der Waals surface area contributed by atoms with Gasteiger partial charge in [0.15, 0.2) is 0 Å². The van der Waals surface area contributed by atoms with Gasteiger partial charge in [0.2, 0.25) is 0 Å². The van der Waals surface area contributed by atoms with E-state index in [0.29, 0.717) is 18.0 Å². The number of thiophene rings is 1. The minimum absolute atomic E-state index is 0.0111. The van der Waals surface area contributed by atoms with Gasteiger partial charge in [-0.05, 0) is 17.5 Å². The van der Waals surface area contributed by atoms with Crippen LogP contribution in [0.5, 0.6) is 0 Å². The van der Waals surface area contributed by atoms with E-state index in [1.165, 1.54) is 15.9 Å². The molecular weight excluding hydrogens is 264 g/mol. The van der Waals surface area contributed by atoms with Crippen molar-refractivity contribution in [1.82, 2.24) is 9.55 Å². The van der Waals surface area contributed by atoms with Gasteiger partial charge in [0.05, 0.1) is 5.52 Å². The maximum absolute atomic E-state index is 12.0. The summed E-state index contributed by atoms with van der Waals surface area (Å²) in [6.07, 6.45) is 1.56. The first-order chi connectivity index (χ1) is 8.47. The molecule has 2 aromatic heterocycles. The number of rotatable bonds is 5. The molecule has 4 nitrogen and oxygen atoms in total. The number of nitrogens with zero attached hydrogens (tertiary/aromatic N) is 2. The van der Waals surface area contributed by atoms with Crippen LogP contribution in [-0.4, -0.2) is 24.2 Å². The number of aromatic nitrogens is 2. The molecular formula is C12H18N2O2SSi. The van der Waals surface area contributed by atoms with Crippen molar-refractivity contribution in [3.8, 4) is 0 Å². The molecule has 0 atom stereocenters. The average molecular weight is 282 g/mol. The Bertz CT molecular complexity index is 586. The molecule has 0 N–H and O–H groups in total. The molecule has 98 valence electrons. The molecule has 2 rings (SSSR count). The highest BCUT2D eigenvalue weighted by molar-refractivity contribution is 7.17. The molecule has 0 fully saturated rings. The van der Waals surface area contributed by atoms with Gasteiger partial charge in [-0.25, -0.2) is 4.98 Å². The van der Waals surface area contributed by atoms with Crippen LogP contribution >= 0.6 is 11.3 Å². The summed E-state index contributed by atoms with van der Waals surface area (Å²) in [4.78, 5) is 16.3. The Morgan fingerprint density at radius 1 is 1.44 bits per heavy atom. The van der Waals surface area contributed by atoms with E-state index in [2.05, 4.69) is 24.6 Å². The average Bonchev–Trinajstić information content (AvgIpc) is 2.74. The molecule has 0 bridgehead atoms. The Kier molecular flexibility index (Phi) is 3.99. The van der Waals surface area contributed by atoms with Crippen LogP contribution in [0.4, 0.5) is 0 Å². The van der Waals surface area contributed by atoms with Crippen LogP contribution in [-0.2, 0) is 11.5 Å². The van der Waals surface area contributed by atoms with Crippen molar-refractivity contribution in [3.63, 3.8) is 0 Å². The highest BCUT2D eigenvalue weighted by Crippen LogP contribution is 2.13. The summed E-state index contributed by atoms with van der Waals surface area (Å²) in [5.74, 6) is 0. The van der Waals surface area contributed by atoms with Crippen molar-refractivity contribution in [2.45, 2.75) is 32.4 Å². The third kappa shape index (κ3) is 3.27. The van der Waals surface area contributed by atoms with E-state index in [4.69, 9.17) is 4.74 Å². The quantitative estimate of drug-likeness (QED) is 0.625. The zero-order chi connectivity index (χ0) is 13.2. The van der Waals surface area contributed by atoms with Gasteiger partial charge >= 0.3 is 0 Å². The Balaban J connectivity index is 2.00. The van der Waals surface area contributed by atoms with Gasteiger partial charge in [0.25, 0.3) is 5.56 Å². The third-order valence-electron chi connectivity index (χ3n) is 2.66. The number of hydrogen-bond acceptors (Lipinski definition) is 4. The summed E-state index contributed by atoms with van der Waals surface area (Å²) in [5, 5.41) is 1.88. The van der Waals surface area contributed by atoms with Crippen molar-refractivity contribution in [2.75, 3.05) is 6.61 Å². The molecule has 0 aliphatic heterocycles. The van der Waals surface area contributed by atoms with Gasteiger partial charge in [-0.3, -0.25) is 9.36 Å². The molecule has 0 aliphatic carbocycles. The van der Waals surface area contributed by atoms with Crippen molar-refractivity contribution in [3.05, 3.63) is 28.1 Å². The molecule has 0 spiro atoms. The fourth-order valence-corrected chi connectivity index (χ4v) is 3.06. The van der Waals surface area contributed by atoms with Crippen LogP contribution in [0.2, 0.25) is 25.7 Å². The third-order valence-corrected chi connectivity index (χ3v) is 5.26. The highest BCUT2D eigenvalue weighted by atomic mass is 32.1. The standard InChI is InChI=1S/C12H18N2O2SSi/c1-18(2,3)7-5-16-9-14-8-13-10-4-6-17-11(10)12(14)15/h4,6,8H,5,7,9H2,1-3H3. The molecule has 2 aromatic rings. The van der Waals surface area contributed by atoms with Crippen molar-refractivity contribution in [2.24, 2.45) is 0 Å². The number of ether oxygens (including phenoxy) is 1. The van der Waals surface area contributed by atoms with Crippen LogP contribution in [0, 0.1) is 0 Å². The zero-order valence-electron chi connectivity index (χ0n) is 11.0. The predicted octanol–water partition coefficient (Wildman–Crippen LogP) is 2.77. The number of hydrogen-bond donors (Lipinski definition) is 0. The Morgan fingerprint density at radius 2 is 2.22 bits per heavy atom. The van der Waals surface area contributed by atoms with Gasteiger partial charge < -0.3 is 4.74 Å². The summed E-state index contributed by atoms with van der Waals surface area (Å²) in [6, 6.07) is 2.97. The van der Waals surface area contributed by atoms with E-state index < -0.39 is 8.07 Å². The lowest BCUT2D eigenvalue weighted by molar-refractivity contribution is 0.0844.